The van der Waals surface area contributed by atoms with Gasteiger partial charge in [-0.1, -0.05) is 6.92 Å². The van der Waals surface area contributed by atoms with Crippen LogP contribution in [-0.2, 0) is 6.54 Å². The first-order chi connectivity index (χ1) is 9.89. The van der Waals surface area contributed by atoms with Crippen molar-refractivity contribution in [3.05, 3.63) is 18.1 Å². The van der Waals surface area contributed by atoms with Gasteiger partial charge in [0.2, 0.25) is 0 Å². The van der Waals surface area contributed by atoms with Crippen LogP contribution in [0.25, 0.3) is 0 Å². The third-order valence-electron chi connectivity index (χ3n) is 4.04. The predicted molar refractivity (Wildman–Crippen MR) is 87.5 cm³/mol. The maximum Gasteiger partial charge on any atom is 0.147 e. The number of hydrogen-bond acceptors (Lipinski definition) is 5. The number of nitrogens with one attached hydrogen (secondary N) is 1. The van der Waals surface area contributed by atoms with Gasteiger partial charge in [-0.25, -0.2) is 4.98 Å². The Hall–Kier alpha value is -1.20. The highest BCUT2D eigenvalue weighted by Crippen LogP contribution is 2.17. The standard InChI is InChI=1S/C16H29N5/c1-6-14-12-21(8-7-20(14)5)15-11-17-9-13(19-15)10-18-16(2,3)4/h9,11,14,18H,6-8,10,12H2,1-5H3. The molecule has 1 N–H and O–H groups in total. The minimum absolute atomic E-state index is 0.0961. The molecule has 1 aromatic heterocycles. The lowest BCUT2D eigenvalue weighted by Crippen LogP contribution is -2.51. The maximum absolute atomic E-state index is 4.78. The molecule has 0 bridgehead atoms. The summed E-state index contributed by atoms with van der Waals surface area (Å²) in [7, 11) is 2.21. The van der Waals surface area contributed by atoms with Gasteiger partial charge in [-0.3, -0.25) is 9.88 Å². The van der Waals surface area contributed by atoms with Gasteiger partial charge in [0.15, 0.2) is 0 Å². The number of anilines is 1. The van der Waals surface area contributed by atoms with Gasteiger partial charge in [0.05, 0.1) is 11.9 Å². The van der Waals surface area contributed by atoms with E-state index in [-0.39, 0.29) is 5.54 Å². The number of nitrogens with zero attached hydrogens (tertiary/aromatic N) is 4. The van der Waals surface area contributed by atoms with Crippen molar-refractivity contribution in [2.24, 2.45) is 0 Å². The van der Waals surface area contributed by atoms with E-state index in [1.54, 1.807) is 0 Å². The molecular formula is C16H29N5. The Labute approximate surface area is 128 Å². The van der Waals surface area contributed by atoms with Gasteiger partial charge in [-0.05, 0) is 34.2 Å². The van der Waals surface area contributed by atoms with Gasteiger partial charge in [0, 0.05) is 44.0 Å². The maximum atomic E-state index is 4.78. The Morgan fingerprint density at radius 3 is 2.71 bits per heavy atom. The van der Waals surface area contributed by atoms with Gasteiger partial charge >= 0.3 is 0 Å². The zero-order valence-corrected chi connectivity index (χ0v) is 14.1. The molecule has 1 saturated heterocycles. The highest BCUT2D eigenvalue weighted by Gasteiger charge is 2.24. The topological polar surface area (TPSA) is 44.3 Å². The van der Waals surface area contributed by atoms with Crippen LogP contribution < -0.4 is 10.2 Å². The highest BCUT2D eigenvalue weighted by molar-refractivity contribution is 5.37. The van der Waals surface area contributed by atoms with E-state index in [1.807, 2.05) is 12.4 Å². The van der Waals surface area contributed by atoms with E-state index in [9.17, 15) is 0 Å². The van der Waals surface area contributed by atoms with Crippen LogP contribution in [0.15, 0.2) is 12.4 Å². The van der Waals surface area contributed by atoms with E-state index >= 15 is 0 Å². The molecule has 5 heteroatoms. The third kappa shape index (κ3) is 4.64. The third-order valence-corrected chi connectivity index (χ3v) is 4.04. The van der Waals surface area contributed by atoms with Gasteiger partial charge < -0.3 is 10.2 Å². The minimum Gasteiger partial charge on any atom is -0.352 e. The van der Waals surface area contributed by atoms with E-state index in [1.165, 1.54) is 6.42 Å². The highest BCUT2D eigenvalue weighted by atomic mass is 15.3. The van der Waals surface area contributed by atoms with Crippen molar-refractivity contribution >= 4 is 5.82 Å². The summed E-state index contributed by atoms with van der Waals surface area (Å²) in [4.78, 5) is 14.0. The molecule has 118 valence electrons. The van der Waals surface area contributed by atoms with Gasteiger partial charge in [-0.15, -0.1) is 0 Å². The number of aromatic nitrogens is 2. The molecule has 0 aromatic carbocycles. The Bertz CT molecular complexity index is 454. The van der Waals surface area contributed by atoms with Crippen LogP contribution in [0.2, 0.25) is 0 Å². The lowest BCUT2D eigenvalue weighted by Gasteiger charge is -2.39. The van der Waals surface area contributed by atoms with Crippen molar-refractivity contribution in [1.29, 1.82) is 0 Å². The number of likely N-dealkylation sites (N-methyl/N-ethyl adjacent to an activating group) is 1. The number of hydrogen-bond donors (Lipinski definition) is 1. The predicted octanol–water partition coefficient (Wildman–Crippen LogP) is 1.90. The lowest BCUT2D eigenvalue weighted by atomic mass is 10.1. The second-order valence-corrected chi connectivity index (χ2v) is 6.96. The lowest BCUT2D eigenvalue weighted by molar-refractivity contribution is 0.213. The van der Waals surface area contributed by atoms with Gasteiger partial charge in [-0.2, -0.15) is 0 Å². The summed E-state index contributed by atoms with van der Waals surface area (Å²) in [6, 6.07) is 0.608. The molecule has 0 amide bonds. The molecule has 21 heavy (non-hydrogen) atoms. The molecule has 0 spiro atoms. The molecule has 0 aliphatic carbocycles. The molecule has 1 unspecified atom stereocenters. The van der Waals surface area contributed by atoms with Crippen LogP contribution in [-0.4, -0.2) is 53.1 Å². The Morgan fingerprint density at radius 2 is 2.05 bits per heavy atom. The van der Waals surface area contributed by atoms with Crippen molar-refractivity contribution in [1.82, 2.24) is 20.2 Å². The summed E-state index contributed by atoms with van der Waals surface area (Å²) in [6.45, 7) is 12.7. The first-order valence-electron chi connectivity index (χ1n) is 7.90. The van der Waals surface area contributed by atoms with E-state index in [4.69, 9.17) is 4.98 Å². The van der Waals surface area contributed by atoms with E-state index in [0.29, 0.717) is 6.04 Å². The molecule has 1 fully saturated rings. The van der Waals surface area contributed by atoms with Crippen LogP contribution in [0.4, 0.5) is 5.82 Å². The van der Waals surface area contributed by atoms with Crippen molar-refractivity contribution < 1.29 is 0 Å². The molecule has 0 radical (unpaired) electrons. The summed E-state index contributed by atoms with van der Waals surface area (Å²) in [5.41, 5.74) is 1.10. The normalized spacial score (nSPS) is 20.8. The molecule has 1 aliphatic heterocycles. The molecular weight excluding hydrogens is 262 g/mol. The summed E-state index contributed by atoms with van der Waals surface area (Å²) in [6.07, 6.45) is 4.92. The van der Waals surface area contributed by atoms with E-state index in [0.717, 1.165) is 37.7 Å². The number of piperazine rings is 1. The molecule has 2 rings (SSSR count). The van der Waals surface area contributed by atoms with Gasteiger partial charge in [0.1, 0.15) is 5.82 Å². The average molecular weight is 291 g/mol. The fourth-order valence-electron chi connectivity index (χ4n) is 2.58. The fourth-order valence-corrected chi connectivity index (χ4v) is 2.58. The summed E-state index contributed by atoms with van der Waals surface area (Å²) in [5.74, 6) is 1.01. The van der Waals surface area contributed by atoms with Crippen molar-refractivity contribution in [3.63, 3.8) is 0 Å². The summed E-state index contributed by atoms with van der Waals surface area (Å²) < 4.78 is 0. The zero-order valence-electron chi connectivity index (χ0n) is 14.1. The Morgan fingerprint density at radius 1 is 1.29 bits per heavy atom. The van der Waals surface area contributed by atoms with Gasteiger partial charge in [0.25, 0.3) is 0 Å². The molecule has 2 heterocycles. The first-order valence-corrected chi connectivity index (χ1v) is 7.90. The van der Waals surface area contributed by atoms with Crippen LogP contribution in [0.5, 0.6) is 0 Å². The smallest absolute Gasteiger partial charge is 0.147 e. The van der Waals surface area contributed by atoms with Crippen LogP contribution in [0.1, 0.15) is 39.8 Å². The molecule has 1 aliphatic rings. The van der Waals surface area contributed by atoms with Crippen molar-refractivity contribution in [3.8, 4) is 0 Å². The molecule has 1 aromatic rings. The SMILES string of the molecule is CCC1CN(c2cncc(CNC(C)(C)C)n2)CCN1C. The van der Waals surface area contributed by atoms with E-state index in [2.05, 4.69) is 54.8 Å². The monoisotopic (exact) mass is 291 g/mol. The fraction of sp³-hybridized carbons (Fsp3) is 0.750. The minimum atomic E-state index is 0.0961. The van der Waals surface area contributed by atoms with Crippen molar-refractivity contribution in [2.75, 3.05) is 31.6 Å². The Kier molecular flexibility index (Phi) is 5.17. The van der Waals surface area contributed by atoms with Crippen LogP contribution in [0.3, 0.4) is 0 Å². The summed E-state index contributed by atoms with van der Waals surface area (Å²) >= 11 is 0. The molecule has 0 saturated carbocycles. The largest absolute Gasteiger partial charge is 0.352 e. The second kappa shape index (κ2) is 6.71. The average Bonchev–Trinajstić information content (AvgIpc) is 2.45. The Balaban J connectivity index is 2.03. The second-order valence-electron chi connectivity index (χ2n) is 6.96. The van der Waals surface area contributed by atoms with Crippen molar-refractivity contribution in [2.45, 2.75) is 52.2 Å². The molecule has 5 nitrogen and oxygen atoms in total. The van der Waals surface area contributed by atoms with E-state index < -0.39 is 0 Å². The first kappa shape index (κ1) is 16.2. The van der Waals surface area contributed by atoms with Crippen LogP contribution in [0, 0.1) is 0 Å². The quantitative estimate of drug-likeness (QED) is 0.918. The molecule has 1 atom stereocenters. The number of rotatable bonds is 4. The zero-order chi connectivity index (χ0) is 15.5. The van der Waals surface area contributed by atoms with Crippen LogP contribution >= 0.6 is 0 Å². The summed E-state index contributed by atoms with van der Waals surface area (Å²) in [5, 5.41) is 3.47.